The molecular formula is C11H19N3. The van der Waals surface area contributed by atoms with Crippen LogP contribution in [0.15, 0.2) is 0 Å². The lowest BCUT2D eigenvalue weighted by atomic mass is 9.97. The minimum atomic E-state index is 0.0532. The molecule has 3 unspecified atom stereocenters. The Bertz CT molecular complexity index is 233. The number of hydrogen-bond acceptors (Lipinski definition) is 3. The molecule has 14 heavy (non-hydrogen) atoms. The average Bonchev–Trinajstić information content (AvgIpc) is 2.55. The third-order valence-electron chi connectivity index (χ3n) is 3.82. The van der Waals surface area contributed by atoms with Crippen molar-refractivity contribution in [1.82, 2.24) is 10.2 Å². The predicted octanol–water partition coefficient (Wildman–Crippen LogP) is 1.11. The van der Waals surface area contributed by atoms with Gasteiger partial charge in [0.25, 0.3) is 0 Å². The first kappa shape index (κ1) is 9.95. The zero-order valence-corrected chi connectivity index (χ0v) is 9.03. The van der Waals surface area contributed by atoms with Gasteiger partial charge in [0.1, 0.15) is 0 Å². The summed E-state index contributed by atoms with van der Waals surface area (Å²) in [4.78, 5) is 2.24. The fraction of sp³-hybridized carbons (Fsp3) is 0.909. The van der Waals surface area contributed by atoms with E-state index < -0.39 is 0 Å². The van der Waals surface area contributed by atoms with Crippen LogP contribution in [0.3, 0.4) is 0 Å². The van der Waals surface area contributed by atoms with Gasteiger partial charge in [-0.05, 0) is 39.7 Å². The van der Waals surface area contributed by atoms with Crippen molar-refractivity contribution in [2.24, 2.45) is 0 Å². The second-order valence-corrected chi connectivity index (χ2v) is 4.73. The Balaban J connectivity index is 1.96. The van der Waals surface area contributed by atoms with Crippen LogP contribution in [0.1, 0.15) is 32.6 Å². The summed E-state index contributed by atoms with van der Waals surface area (Å²) in [5.74, 6) is 0. The molecule has 3 heteroatoms. The predicted molar refractivity (Wildman–Crippen MR) is 55.8 cm³/mol. The maximum absolute atomic E-state index is 8.88. The molecule has 0 radical (unpaired) electrons. The van der Waals surface area contributed by atoms with Gasteiger partial charge in [0.2, 0.25) is 0 Å². The van der Waals surface area contributed by atoms with E-state index in [0.29, 0.717) is 18.1 Å². The normalized spacial score (nSPS) is 38.3. The second-order valence-electron chi connectivity index (χ2n) is 4.73. The number of nitrogens with zero attached hydrogens (tertiary/aromatic N) is 2. The number of nitriles is 1. The first-order chi connectivity index (χ1) is 6.70. The summed E-state index contributed by atoms with van der Waals surface area (Å²) in [5.41, 5.74) is 0. The van der Waals surface area contributed by atoms with Gasteiger partial charge in [-0.3, -0.25) is 4.90 Å². The molecule has 0 spiro atoms. The first-order valence-corrected chi connectivity index (χ1v) is 5.58. The Kier molecular flexibility index (Phi) is 2.76. The molecule has 2 aliphatic rings. The van der Waals surface area contributed by atoms with E-state index >= 15 is 0 Å². The Labute approximate surface area is 86.1 Å². The molecule has 0 aromatic rings. The van der Waals surface area contributed by atoms with Crippen LogP contribution in [0, 0.1) is 11.3 Å². The van der Waals surface area contributed by atoms with Gasteiger partial charge in [-0.2, -0.15) is 5.26 Å². The number of nitrogens with one attached hydrogen (secondary N) is 1. The molecule has 3 nitrogen and oxygen atoms in total. The molecule has 2 bridgehead atoms. The largest absolute Gasteiger partial charge is 0.311 e. The van der Waals surface area contributed by atoms with E-state index in [4.69, 9.17) is 5.26 Å². The van der Waals surface area contributed by atoms with Crippen molar-refractivity contribution in [3.05, 3.63) is 0 Å². The van der Waals surface area contributed by atoms with Crippen molar-refractivity contribution in [2.45, 2.75) is 56.8 Å². The van der Waals surface area contributed by atoms with Gasteiger partial charge in [-0.1, -0.05) is 0 Å². The molecule has 2 saturated heterocycles. The van der Waals surface area contributed by atoms with Gasteiger partial charge in [0.05, 0.1) is 12.1 Å². The van der Waals surface area contributed by atoms with Crippen LogP contribution in [0.2, 0.25) is 0 Å². The quantitative estimate of drug-likeness (QED) is 0.714. The van der Waals surface area contributed by atoms with Crippen molar-refractivity contribution >= 4 is 0 Å². The van der Waals surface area contributed by atoms with Gasteiger partial charge in [0, 0.05) is 18.1 Å². The van der Waals surface area contributed by atoms with Crippen LogP contribution in [0.4, 0.5) is 0 Å². The highest BCUT2D eigenvalue weighted by Gasteiger charge is 2.35. The van der Waals surface area contributed by atoms with Crippen molar-refractivity contribution in [3.8, 4) is 6.07 Å². The lowest BCUT2D eigenvalue weighted by molar-refractivity contribution is 0.155. The molecule has 0 amide bonds. The molecule has 0 aliphatic carbocycles. The Hall–Kier alpha value is -0.590. The summed E-state index contributed by atoms with van der Waals surface area (Å²) in [6, 6.07) is 4.41. The SMILES string of the molecule is CC(C#N)N(C)C1CC2CCC(C1)N2. The minimum Gasteiger partial charge on any atom is -0.311 e. The van der Waals surface area contributed by atoms with E-state index in [2.05, 4.69) is 23.3 Å². The van der Waals surface area contributed by atoms with Crippen LogP contribution in [-0.2, 0) is 0 Å². The lowest BCUT2D eigenvalue weighted by Crippen LogP contribution is -2.49. The van der Waals surface area contributed by atoms with E-state index in [-0.39, 0.29) is 6.04 Å². The van der Waals surface area contributed by atoms with E-state index in [1.807, 2.05) is 6.92 Å². The van der Waals surface area contributed by atoms with Gasteiger partial charge < -0.3 is 5.32 Å². The summed E-state index contributed by atoms with van der Waals surface area (Å²) in [7, 11) is 2.09. The van der Waals surface area contributed by atoms with E-state index in [1.54, 1.807) is 0 Å². The van der Waals surface area contributed by atoms with Crippen molar-refractivity contribution in [1.29, 1.82) is 5.26 Å². The highest BCUT2D eigenvalue weighted by molar-refractivity contribution is 4.98. The monoisotopic (exact) mass is 193 g/mol. The van der Waals surface area contributed by atoms with Crippen molar-refractivity contribution in [2.75, 3.05) is 7.05 Å². The Morgan fingerprint density at radius 1 is 1.36 bits per heavy atom. The number of hydrogen-bond donors (Lipinski definition) is 1. The summed E-state index contributed by atoms with van der Waals surface area (Å²) in [6.45, 7) is 1.99. The van der Waals surface area contributed by atoms with Gasteiger partial charge in [-0.25, -0.2) is 0 Å². The molecule has 2 rings (SSSR count). The third-order valence-corrected chi connectivity index (χ3v) is 3.82. The summed E-state index contributed by atoms with van der Waals surface area (Å²) < 4.78 is 0. The fourth-order valence-corrected chi connectivity index (χ4v) is 2.77. The van der Waals surface area contributed by atoms with Gasteiger partial charge in [-0.15, -0.1) is 0 Å². The maximum atomic E-state index is 8.88. The van der Waals surface area contributed by atoms with E-state index in [9.17, 15) is 0 Å². The van der Waals surface area contributed by atoms with E-state index in [0.717, 1.165) is 0 Å². The van der Waals surface area contributed by atoms with Crippen LogP contribution >= 0.6 is 0 Å². The van der Waals surface area contributed by atoms with Gasteiger partial charge >= 0.3 is 0 Å². The summed E-state index contributed by atoms with van der Waals surface area (Å²) >= 11 is 0. The highest BCUT2D eigenvalue weighted by atomic mass is 15.2. The molecule has 0 aromatic heterocycles. The average molecular weight is 193 g/mol. The highest BCUT2D eigenvalue weighted by Crippen LogP contribution is 2.29. The zero-order chi connectivity index (χ0) is 10.1. The number of rotatable bonds is 2. The molecule has 78 valence electrons. The number of piperidine rings is 1. The standard InChI is InChI=1S/C11H19N3/c1-8(7-12)14(2)11-5-9-3-4-10(6-11)13-9/h8-11,13H,3-6H2,1-2H3. The van der Waals surface area contributed by atoms with Crippen molar-refractivity contribution in [3.63, 3.8) is 0 Å². The van der Waals surface area contributed by atoms with Crippen LogP contribution < -0.4 is 5.32 Å². The number of fused-ring (bicyclic) bond motifs is 2. The molecule has 1 N–H and O–H groups in total. The topological polar surface area (TPSA) is 39.1 Å². The smallest absolute Gasteiger partial charge is 0.0949 e. The summed E-state index contributed by atoms with van der Waals surface area (Å²) in [6.07, 6.45) is 5.10. The van der Waals surface area contributed by atoms with Crippen LogP contribution in [0.5, 0.6) is 0 Å². The molecule has 0 saturated carbocycles. The van der Waals surface area contributed by atoms with Gasteiger partial charge in [0.15, 0.2) is 0 Å². The lowest BCUT2D eigenvalue weighted by Gasteiger charge is -2.36. The maximum Gasteiger partial charge on any atom is 0.0949 e. The first-order valence-electron chi connectivity index (χ1n) is 5.58. The molecule has 2 aliphatic heterocycles. The molecule has 0 aromatic carbocycles. The van der Waals surface area contributed by atoms with Crippen LogP contribution in [-0.4, -0.2) is 36.1 Å². The Morgan fingerprint density at radius 2 is 1.93 bits per heavy atom. The van der Waals surface area contributed by atoms with E-state index in [1.165, 1.54) is 25.7 Å². The molecule has 2 heterocycles. The summed E-state index contributed by atoms with van der Waals surface area (Å²) in [5, 5.41) is 12.5. The van der Waals surface area contributed by atoms with Crippen LogP contribution in [0.25, 0.3) is 0 Å². The molecule has 2 fully saturated rings. The molecule has 3 atom stereocenters. The third kappa shape index (κ3) is 1.77. The second kappa shape index (κ2) is 3.88. The Morgan fingerprint density at radius 3 is 2.43 bits per heavy atom. The minimum absolute atomic E-state index is 0.0532. The molecular weight excluding hydrogens is 174 g/mol. The zero-order valence-electron chi connectivity index (χ0n) is 9.03. The van der Waals surface area contributed by atoms with Crippen molar-refractivity contribution < 1.29 is 0 Å². The fourth-order valence-electron chi connectivity index (χ4n) is 2.77.